The van der Waals surface area contributed by atoms with E-state index in [4.69, 9.17) is 0 Å². The van der Waals surface area contributed by atoms with Crippen LogP contribution in [0.2, 0.25) is 0 Å². The standard InChI is InChI=1S/C25H24F4N4O3/c1-13-19(21(34)23(36)32-24(3,4)18-8-6-7-11-30-18)14(2)33(5)20(13)22(35)31-15-9-10-17(26)16(12-15)25(27,28)29/h6-12H,1-5H3,(H,31,35)(H,32,36). The van der Waals surface area contributed by atoms with Crippen molar-refractivity contribution in [3.8, 4) is 0 Å². The number of nitrogens with one attached hydrogen (secondary N) is 2. The van der Waals surface area contributed by atoms with Crippen molar-refractivity contribution in [3.63, 3.8) is 0 Å². The van der Waals surface area contributed by atoms with Gasteiger partial charge >= 0.3 is 6.18 Å². The van der Waals surface area contributed by atoms with Gasteiger partial charge < -0.3 is 15.2 Å². The highest BCUT2D eigenvalue weighted by Crippen LogP contribution is 2.33. The Hall–Kier alpha value is -4.02. The summed E-state index contributed by atoms with van der Waals surface area (Å²) in [5, 5.41) is 4.95. The van der Waals surface area contributed by atoms with Crippen molar-refractivity contribution >= 4 is 23.3 Å². The molecular formula is C25H24F4N4O3. The summed E-state index contributed by atoms with van der Waals surface area (Å²) in [6.07, 6.45) is -3.39. The lowest BCUT2D eigenvalue weighted by atomic mass is 9.98. The lowest BCUT2D eigenvalue weighted by Crippen LogP contribution is -2.45. The van der Waals surface area contributed by atoms with Gasteiger partial charge in [-0.3, -0.25) is 19.4 Å². The maximum absolute atomic E-state index is 13.6. The van der Waals surface area contributed by atoms with Gasteiger partial charge in [0.15, 0.2) is 0 Å². The van der Waals surface area contributed by atoms with E-state index in [1.54, 1.807) is 38.2 Å². The van der Waals surface area contributed by atoms with Crippen LogP contribution in [0.4, 0.5) is 23.2 Å². The second-order valence-electron chi connectivity index (χ2n) is 8.76. The van der Waals surface area contributed by atoms with E-state index >= 15 is 0 Å². The van der Waals surface area contributed by atoms with E-state index in [1.165, 1.54) is 25.5 Å². The predicted octanol–water partition coefficient (Wildman–Crippen LogP) is 4.68. The van der Waals surface area contributed by atoms with Crippen LogP contribution in [-0.4, -0.2) is 27.1 Å². The maximum Gasteiger partial charge on any atom is 0.419 e. The largest absolute Gasteiger partial charge is 0.419 e. The molecule has 2 amide bonds. The Morgan fingerprint density at radius 1 is 1.03 bits per heavy atom. The van der Waals surface area contributed by atoms with Crippen molar-refractivity contribution < 1.29 is 31.9 Å². The first kappa shape index (κ1) is 26.6. The van der Waals surface area contributed by atoms with Crippen molar-refractivity contribution in [2.24, 2.45) is 7.05 Å². The molecule has 190 valence electrons. The van der Waals surface area contributed by atoms with Crippen LogP contribution in [-0.2, 0) is 23.6 Å². The number of carbonyl (C=O) groups excluding carboxylic acids is 3. The molecule has 0 aliphatic heterocycles. The predicted molar refractivity (Wildman–Crippen MR) is 124 cm³/mol. The molecule has 0 spiro atoms. The molecule has 7 nitrogen and oxygen atoms in total. The number of benzene rings is 1. The SMILES string of the molecule is Cc1c(C(=O)C(=O)NC(C)(C)c2ccccn2)c(C)n(C)c1C(=O)Nc1ccc(F)c(C(F)(F)F)c1. The molecule has 3 aromatic rings. The summed E-state index contributed by atoms with van der Waals surface area (Å²) in [6, 6.07) is 7.24. The summed E-state index contributed by atoms with van der Waals surface area (Å²) >= 11 is 0. The number of carbonyl (C=O) groups is 3. The lowest BCUT2D eigenvalue weighted by Gasteiger charge is -2.25. The van der Waals surface area contributed by atoms with Gasteiger partial charge in [0.1, 0.15) is 11.5 Å². The molecule has 2 heterocycles. The average molecular weight is 504 g/mol. The molecule has 0 bridgehead atoms. The Kier molecular flexibility index (Phi) is 7.06. The van der Waals surface area contributed by atoms with E-state index < -0.39 is 40.7 Å². The number of anilines is 1. The van der Waals surface area contributed by atoms with E-state index in [0.29, 0.717) is 23.5 Å². The van der Waals surface area contributed by atoms with Crippen molar-refractivity contribution in [3.05, 3.63) is 82.2 Å². The molecule has 0 aliphatic carbocycles. The third-order valence-corrected chi connectivity index (χ3v) is 5.84. The van der Waals surface area contributed by atoms with E-state index in [0.717, 1.165) is 6.07 Å². The van der Waals surface area contributed by atoms with Gasteiger partial charge in [-0.15, -0.1) is 0 Å². The Balaban J connectivity index is 1.89. The third-order valence-electron chi connectivity index (χ3n) is 5.84. The molecule has 1 aromatic carbocycles. The molecule has 3 rings (SSSR count). The first-order valence-electron chi connectivity index (χ1n) is 10.8. The van der Waals surface area contributed by atoms with Crippen LogP contribution < -0.4 is 10.6 Å². The fourth-order valence-corrected chi connectivity index (χ4v) is 3.90. The molecule has 0 fully saturated rings. The Morgan fingerprint density at radius 3 is 2.28 bits per heavy atom. The minimum Gasteiger partial charge on any atom is -0.343 e. The van der Waals surface area contributed by atoms with Crippen LogP contribution in [0.3, 0.4) is 0 Å². The van der Waals surface area contributed by atoms with Gasteiger partial charge in [-0.1, -0.05) is 6.07 Å². The Morgan fingerprint density at radius 2 is 1.69 bits per heavy atom. The highest BCUT2D eigenvalue weighted by molar-refractivity contribution is 6.43. The quantitative estimate of drug-likeness (QED) is 0.290. The van der Waals surface area contributed by atoms with Crippen molar-refractivity contribution in [2.75, 3.05) is 5.32 Å². The topological polar surface area (TPSA) is 93.1 Å². The van der Waals surface area contributed by atoms with Gasteiger partial charge in [0.05, 0.1) is 22.4 Å². The number of alkyl halides is 3. The number of halogens is 4. The highest BCUT2D eigenvalue weighted by Gasteiger charge is 2.35. The molecular weight excluding hydrogens is 480 g/mol. The number of pyridine rings is 1. The van der Waals surface area contributed by atoms with E-state index in [9.17, 15) is 31.9 Å². The average Bonchev–Trinajstić information content (AvgIpc) is 3.02. The zero-order valence-electron chi connectivity index (χ0n) is 20.2. The number of Topliss-reactive ketones (excluding diaryl/α,β-unsaturated/α-hetero) is 1. The molecule has 0 aliphatic rings. The number of ketones is 1. The third kappa shape index (κ3) is 5.14. The minimum atomic E-state index is -4.95. The van der Waals surface area contributed by atoms with E-state index in [-0.39, 0.29) is 22.5 Å². The number of hydrogen-bond acceptors (Lipinski definition) is 4. The van der Waals surface area contributed by atoms with Crippen LogP contribution in [0.5, 0.6) is 0 Å². The number of hydrogen-bond donors (Lipinski definition) is 2. The smallest absolute Gasteiger partial charge is 0.343 e. The zero-order valence-corrected chi connectivity index (χ0v) is 20.2. The minimum absolute atomic E-state index is 0.00735. The Bertz CT molecular complexity index is 1350. The van der Waals surface area contributed by atoms with Gasteiger partial charge in [-0.2, -0.15) is 13.2 Å². The summed E-state index contributed by atoms with van der Waals surface area (Å²) in [5.41, 5.74) is -1.81. The summed E-state index contributed by atoms with van der Waals surface area (Å²) in [7, 11) is 1.48. The number of nitrogens with zero attached hydrogens (tertiary/aromatic N) is 2. The molecule has 0 saturated heterocycles. The molecule has 0 atom stereocenters. The Labute approximate surface area is 204 Å². The molecule has 2 aromatic heterocycles. The molecule has 0 unspecified atom stereocenters. The number of amides is 2. The van der Waals surface area contributed by atoms with E-state index in [2.05, 4.69) is 15.6 Å². The van der Waals surface area contributed by atoms with Gasteiger partial charge in [-0.05, 0) is 63.6 Å². The molecule has 36 heavy (non-hydrogen) atoms. The summed E-state index contributed by atoms with van der Waals surface area (Å²) in [4.78, 5) is 43.1. The van der Waals surface area contributed by atoms with Gasteiger partial charge in [-0.25, -0.2) is 4.39 Å². The van der Waals surface area contributed by atoms with Gasteiger partial charge in [0, 0.05) is 24.6 Å². The molecule has 11 heteroatoms. The fraction of sp³-hybridized carbons (Fsp3) is 0.280. The summed E-state index contributed by atoms with van der Waals surface area (Å²) < 4.78 is 54.0. The summed E-state index contributed by atoms with van der Waals surface area (Å²) in [5.74, 6) is -4.10. The van der Waals surface area contributed by atoms with Crippen LogP contribution in [0.1, 0.15) is 57.2 Å². The van der Waals surface area contributed by atoms with Crippen LogP contribution in [0.15, 0.2) is 42.6 Å². The molecule has 0 saturated carbocycles. The van der Waals surface area contributed by atoms with Gasteiger partial charge in [0.25, 0.3) is 17.6 Å². The normalized spacial score (nSPS) is 11.8. The number of aromatic nitrogens is 2. The zero-order chi connectivity index (χ0) is 27.0. The first-order valence-corrected chi connectivity index (χ1v) is 10.8. The van der Waals surface area contributed by atoms with Crippen molar-refractivity contribution in [1.29, 1.82) is 0 Å². The maximum atomic E-state index is 13.6. The van der Waals surface area contributed by atoms with Crippen LogP contribution in [0.25, 0.3) is 0 Å². The molecule has 2 N–H and O–H groups in total. The van der Waals surface area contributed by atoms with E-state index in [1.807, 2.05) is 0 Å². The van der Waals surface area contributed by atoms with Crippen LogP contribution >= 0.6 is 0 Å². The summed E-state index contributed by atoms with van der Waals surface area (Å²) in [6.45, 7) is 6.36. The lowest BCUT2D eigenvalue weighted by molar-refractivity contribution is -0.140. The van der Waals surface area contributed by atoms with Crippen molar-refractivity contribution in [1.82, 2.24) is 14.9 Å². The highest BCUT2D eigenvalue weighted by atomic mass is 19.4. The molecule has 0 radical (unpaired) electrons. The van der Waals surface area contributed by atoms with Crippen LogP contribution in [0, 0.1) is 19.7 Å². The van der Waals surface area contributed by atoms with Gasteiger partial charge in [0.2, 0.25) is 0 Å². The monoisotopic (exact) mass is 504 g/mol. The van der Waals surface area contributed by atoms with Crippen molar-refractivity contribution in [2.45, 2.75) is 39.4 Å². The first-order chi connectivity index (χ1) is 16.6. The second-order valence-corrected chi connectivity index (χ2v) is 8.76. The second kappa shape index (κ2) is 9.56. The fourth-order valence-electron chi connectivity index (χ4n) is 3.90. The number of rotatable bonds is 6.